The second-order valence-corrected chi connectivity index (χ2v) is 7.18. The zero-order valence-electron chi connectivity index (χ0n) is 17.5. The molecular formula is C26H24N2O3. The third kappa shape index (κ3) is 4.67. The maximum atomic E-state index is 11.0. The number of aromatic nitrogens is 1. The molecule has 5 nitrogen and oxygen atoms in total. The van der Waals surface area contributed by atoms with Crippen LogP contribution in [0.4, 0.5) is 5.69 Å². The van der Waals surface area contributed by atoms with E-state index in [1.54, 1.807) is 0 Å². The number of aryl methyl sites for hydroxylation is 1. The van der Waals surface area contributed by atoms with Crippen LogP contribution in [0, 0.1) is 0 Å². The molecule has 0 aliphatic carbocycles. The molecule has 1 aromatic heterocycles. The molecule has 5 heteroatoms. The molecule has 0 aliphatic heterocycles. The van der Waals surface area contributed by atoms with E-state index < -0.39 is 5.97 Å². The van der Waals surface area contributed by atoms with E-state index in [0.29, 0.717) is 19.6 Å². The fourth-order valence-corrected chi connectivity index (χ4v) is 3.52. The summed E-state index contributed by atoms with van der Waals surface area (Å²) in [5, 5.41) is 2.51. The van der Waals surface area contributed by atoms with Crippen LogP contribution in [0.1, 0.15) is 12.0 Å². The standard InChI is InChI=1S/C26H24N2O3/c1-3-26(29)31-16-6-15-30-21-12-10-20(11-13-21)27-18-19-9-14-23-22-7-4-5-8-24(22)28(2)25(23)17-19/h3-5,7-14,17-18H,1,6,15-16H2,2H3. The molecule has 0 N–H and O–H groups in total. The quantitative estimate of drug-likeness (QED) is 0.164. The average molecular weight is 412 g/mol. The second kappa shape index (κ2) is 9.30. The van der Waals surface area contributed by atoms with Crippen LogP contribution in [0.5, 0.6) is 5.75 Å². The van der Waals surface area contributed by atoms with Crippen LogP contribution >= 0.6 is 0 Å². The number of para-hydroxylation sites is 1. The number of nitrogens with zero attached hydrogens (tertiary/aromatic N) is 2. The predicted octanol–water partition coefficient (Wildman–Crippen LogP) is 5.58. The normalized spacial score (nSPS) is 11.3. The highest BCUT2D eigenvalue weighted by Crippen LogP contribution is 2.28. The van der Waals surface area contributed by atoms with Gasteiger partial charge in [0.05, 0.1) is 18.9 Å². The summed E-state index contributed by atoms with van der Waals surface area (Å²) in [4.78, 5) is 15.6. The Balaban J connectivity index is 1.39. The van der Waals surface area contributed by atoms with Crippen molar-refractivity contribution in [1.82, 2.24) is 4.57 Å². The van der Waals surface area contributed by atoms with Gasteiger partial charge in [0, 0.05) is 47.6 Å². The molecule has 0 aliphatic rings. The fraction of sp³-hybridized carbons (Fsp3) is 0.154. The number of hydrogen-bond donors (Lipinski definition) is 0. The Hall–Kier alpha value is -3.86. The number of benzene rings is 3. The minimum Gasteiger partial charge on any atom is -0.493 e. The number of carbonyl (C=O) groups is 1. The summed E-state index contributed by atoms with van der Waals surface area (Å²) in [6, 6.07) is 22.4. The number of ether oxygens (including phenoxy) is 2. The molecule has 4 rings (SSSR count). The van der Waals surface area contributed by atoms with Gasteiger partial charge in [-0.3, -0.25) is 4.99 Å². The average Bonchev–Trinajstić information content (AvgIpc) is 3.10. The van der Waals surface area contributed by atoms with Gasteiger partial charge in [0.2, 0.25) is 0 Å². The maximum absolute atomic E-state index is 11.0. The van der Waals surface area contributed by atoms with E-state index in [1.165, 1.54) is 21.8 Å². The summed E-state index contributed by atoms with van der Waals surface area (Å²) in [6.07, 6.45) is 3.65. The van der Waals surface area contributed by atoms with E-state index in [1.807, 2.05) is 30.5 Å². The molecule has 0 unspecified atom stereocenters. The van der Waals surface area contributed by atoms with Crippen molar-refractivity contribution in [2.24, 2.45) is 12.0 Å². The molecule has 4 aromatic rings. The Morgan fingerprint density at radius 2 is 1.77 bits per heavy atom. The molecule has 31 heavy (non-hydrogen) atoms. The molecule has 156 valence electrons. The number of hydrogen-bond acceptors (Lipinski definition) is 4. The fourth-order valence-electron chi connectivity index (χ4n) is 3.52. The lowest BCUT2D eigenvalue weighted by Crippen LogP contribution is -2.06. The first kappa shape index (κ1) is 20.4. The number of rotatable bonds is 8. The Kier molecular flexibility index (Phi) is 6.13. The topological polar surface area (TPSA) is 52.8 Å². The Morgan fingerprint density at radius 3 is 2.58 bits per heavy atom. The van der Waals surface area contributed by atoms with Gasteiger partial charge in [-0.05, 0) is 42.0 Å². The van der Waals surface area contributed by atoms with Gasteiger partial charge in [-0.25, -0.2) is 4.79 Å². The summed E-state index contributed by atoms with van der Waals surface area (Å²) in [7, 11) is 2.09. The summed E-state index contributed by atoms with van der Waals surface area (Å²) >= 11 is 0. The zero-order chi connectivity index (χ0) is 21.6. The van der Waals surface area contributed by atoms with Crippen LogP contribution in [-0.2, 0) is 16.6 Å². The van der Waals surface area contributed by atoms with E-state index in [-0.39, 0.29) is 0 Å². The highest BCUT2D eigenvalue weighted by atomic mass is 16.5. The Morgan fingerprint density at radius 1 is 1.00 bits per heavy atom. The number of esters is 1. The number of aliphatic imine (C=N–C) groups is 1. The van der Waals surface area contributed by atoms with Crippen LogP contribution in [0.2, 0.25) is 0 Å². The lowest BCUT2D eigenvalue weighted by molar-refractivity contribution is -0.137. The van der Waals surface area contributed by atoms with Gasteiger partial charge in [-0.15, -0.1) is 0 Å². The van der Waals surface area contributed by atoms with Crippen LogP contribution in [-0.4, -0.2) is 30.0 Å². The maximum Gasteiger partial charge on any atom is 0.330 e. The zero-order valence-corrected chi connectivity index (χ0v) is 17.5. The largest absolute Gasteiger partial charge is 0.493 e. The summed E-state index contributed by atoms with van der Waals surface area (Å²) in [6.45, 7) is 4.14. The minimum absolute atomic E-state index is 0.314. The van der Waals surface area contributed by atoms with E-state index in [2.05, 4.69) is 65.7 Å². The van der Waals surface area contributed by atoms with Crippen LogP contribution in [0.15, 0.2) is 84.4 Å². The van der Waals surface area contributed by atoms with Crippen molar-refractivity contribution in [3.63, 3.8) is 0 Å². The molecule has 0 bridgehead atoms. The van der Waals surface area contributed by atoms with E-state index >= 15 is 0 Å². The lowest BCUT2D eigenvalue weighted by Gasteiger charge is -2.06. The van der Waals surface area contributed by atoms with Crippen molar-refractivity contribution < 1.29 is 14.3 Å². The molecule has 0 atom stereocenters. The van der Waals surface area contributed by atoms with Crippen molar-refractivity contribution in [3.8, 4) is 5.75 Å². The van der Waals surface area contributed by atoms with Crippen molar-refractivity contribution in [2.45, 2.75) is 6.42 Å². The lowest BCUT2D eigenvalue weighted by atomic mass is 10.1. The van der Waals surface area contributed by atoms with Gasteiger partial charge in [-0.2, -0.15) is 0 Å². The SMILES string of the molecule is C=CC(=O)OCCCOc1ccc(N=Cc2ccc3c4ccccc4n(C)c3c2)cc1. The van der Waals surface area contributed by atoms with E-state index in [0.717, 1.165) is 23.1 Å². The smallest absolute Gasteiger partial charge is 0.330 e. The van der Waals surface area contributed by atoms with Crippen molar-refractivity contribution in [3.05, 3.63) is 84.9 Å². The highest BCUT2D eigenvalue weighted by Gasteiger charge is 2.07. The van der Waals surface area contributed by atoms with E-state index in [9.17, 15) is 4.79 Å². The second-order valence-electron chi connectivity index (χ2n) is 7.18. The molecular weight excluding hydrogens is 388 g/mol. The number of carbonyl (C=O) groups excluding carboxylic acids is 1. The Labute approximate surface area is 181 Å². The Bertz CT molecular complexity index is 1250. The van der Waals surface area contributed by atoms with Crippen LogP contribution in [0.25, 0.3) is 21.8 Å². The molecule has 0 fully saturated rings. The minimum atomic E-state index is -0.415. The van der Waals surface area contributed by atoms with Gasteiger partial charge in [0.1, 0.15) is 5.75 Å². The first-order valence-electron chi connectivity index (χ1n) is 10.2. The van der Waals surface area contributed by atoms with Crippen molar-refractivity contribution in [1.29, 1.82) is 0 Å². The summed E-state index contributed by atoms with van der Waals surface area (Å²) in [5.41, 5.74) is 4.31. The molecule has 0 spiro atoms. The third-order valence-corrected chi connectivity index (χ3v) is 5.11. The number of fused-ring (bicyclic) bond motifs is 3. The molecule has 0 saturated heterocycles. The van der Waals surface area contributed by atoms with Crippen molar-refractivity contribution >= 4 is 39.7 Å². The van der Waals surface area contributed by atoms with Gasteiger partial charge in [0.25, 0.3) is 0 Å². The molecule has 3 aromatic carbocycles. The van der Waals surface area contributed by atoms with E-state index in [4.69, 9.17) is 9.47 Å². The first-order valence-corrected chi connectivity index (χ1v) is 10.2. The summed E-state index contributed by atoms with van der Waals surface area (Å²) in [5.74, 6) is 0.340. The molecule has 0 radical (unpaired) electrons. The highest BCUT2D eigenvalue weighted by molar-refractivity contribution is 6.09. The van der Waals surface area contributed by atoms with Gasteiger partial charge in [-0.1, -0.05) is 36.9 Å². The molecule has 0 amide bonds. The molecule has 1 heterocycles. The van der Waals surface area contributed by atoms with Gasteiger partial charge < -0.3 is 14.0 Å². The monoisotopic (exact) mass is 412 g/mol. The summed E-state index contributed by atoms with van der Waals surface area (Å²) < 4.78 is 12.8. The third-order valence-electron chi connectivity index (χ3n) is 5.11. The van der Waals surface area contributed by atoms with Crippen LogP contribution < -0.4 is 4.74 Å². The predicted molar refractivity (Wildman–Crippen MR) is 125 cm³/mol. The van der Waals surface area contributed by atoms with Gasteiger partial charge in [0.15, 0.2) is 0 Å². The first-order chi connectivity index (χ1) is 15.2. The van der Waals surface area contributed by atoms with Crippen LogP contribution in [0.3, 0.4) is 0 Å². The molecule has 0 saturated carbocycles. The van der Waals surface area contributed by atoms with Crippen molar-refractivity contribution in [2.75, 3.05) is 13.2 Å². The van der Waals surface area contributed by atoms with Gasteiger partial charge >= 0.3 is 5.97 Å².